The summed E-state index contributed by atoms with van der Waals surface area (Å²) in [7, 11) is 0. The molecule has 1 amide bonds. The second-order valence-corrected chi connectivity index (χ2v) is 7.26. The summed E-state index contributed by atoms with van der Waals surface area (Å²) in [6.07, 6.45) is 6.05. The van der Waals surface area contributed by atoms with Crippen molar-refractivity contribution >= 4 is 17.2 Å². The van der Waals surface area contributed by atoms with Gasteiger partial charge in [0.1, 0.15) is 0 Å². The van der Waals surface area contributed by atoms with Crippen molar-refractivity contribution in [2.75, 3.05) is 13.1 Å². The lowest BCUT2D eigenvalue weighted by Gasteiger charge is -2.25. The quantitative estimate of drug-likeness (QED) is 0.884. The third kappa shape index (κ3) is 4.00. The van der Waals surface area contributed by atoms with Crippen LogP contribution in [0.4, 0.5) is 0 Å². The Morgan fingerprint density at radius 3 is 3.13 bits per heavy atom. The molecule has 5 nitrogen and oxygen atoms in total. The third-order valence-electron chi connectivity index (χ3n) is 4.27. The molecule has 1 N–H and O–H groups in total. The van der Waals surface area contributed by atoms with Crippen molar-refractivity contribution < 1.29 is 4.79 Å². The van der Waals surface area contributed by atoms with E-state index < -0.39 is 0 Å². The maximum Gasteiger partial charge on any atom is 0.237 e. The van der Waals surface area contributed by atoms with Gasteiger partial charge >= 0.3 is 0 Å². The molecular formula is C17H24N4OS. The van der Waals surface area contributed by atoms with E-state index in [4.69, 9.17) is 0 Å². The third-order valence-corrected chi connectivity index (χ3v) is 5.24. The van der Waals surface area contributed by atoms with E-state index in [9.17, 15) is 4.79 Å². The van der Waals surface area contributed by atoms with Gasteiger partial charge in [0.05, 0.1) is 25.3 Å². The van der Waals surface area contributed by atoms with Crippen LogP contribution in [0.5, 0.6) is 0 Å². The molecule has 0 aromatic carbocycles. The molecule has 1 aliphatic rings. The van der Waals surface area contributed by atoms with E-state index in [1.165, 1.54) is 4.88 Å². The molecule has 6 heteroatoms. The normalized spacial score (nSPS) is 19.2. The van der Waals surface area contributed by atoms with E-state index in [2.05, 4.69) is 34.9 Å². The fourth-order valence-corrected chi connectivity index (χ4v) is 3.99. The van der Waals surface area contributed by atoms with E-state index >= 15 is 0 Å². The number of hydrogen-bond donors (Lipinski definition) is 1. The van der Waals surface area contributed by atoms with Crippen molar-refractivity contribution in [1.29, 1.82) is 0 Å². The van der Waals surface area contributed by atoms with Crippen LogP contribution in [0.25, 0.3) is 0 Å². The smallest absolute Gasteiger partial charge is 0.237 e. The van der Waals surface area contributed by atoms with Gasteiger partial charge in [0.2, 0.25) is 5.91 Å². The first kappa shape index (κ1) is 16.2. The van der Waals surface area contributed by atoms with E-state index in [1.807, 2.05) is 28.9 Å². The molecule has 124 valence electrons. The number of aromatic nitrogens is 2. The van der Waals surface area contributed by atoms with Crippen LogP contribution >= 0.6 is 11.3 Å². The molecule has 0 saturated carbocycles. The molecule has 2 aromatic heterocycles. The molecule has 0 aliphatic carbocycles. The van der Waals surface area contributed by atoms with Crippen LogP contribution in [0.1, 0.15) is 36.2 Å². The van der Waals surface area contributed by atoms with Gasteiger partial charge in [-0.25, -0.2) is 0 Å². The zero-order valence-corrected chi connectivity index (χ0v) is 14.6. The van der Waals surface area contributed by atoms with E-state index in [0.717, 1.165) is 31.5 Å². The van der Waals surface area contributed by atoms with E-state index in [0.29, 0.717) is 6.54 Å². The average molecular weight is 332 g/mol. The Balaban J connectivity index is 1.50. The van der Waals surface area contributed by atoms with E-state index in [1.54, 1.807) is 11.3 Å². The number of aryl methyl sites for hydroxylation is 1. The Hall–Kier alpha value is -1.66. The Labute approximate surface area is 141 Å². The maximum absolute atomic E-state index is 12.6. The minimum atomic E-state index is 0.199. The Bertz CT molecular complexity index is 637. The number of carbonyl (C=O) groups is 1. The van der Waals surface area contributed by atoms with Crippen LogP contribution in [0, 0.1) is 6.92 Å². The molecule has 0 unspecified atom stereocenters. The standard InChI is InChI=1S/C17H24N4OS/c1-13-9-19-20(11-13)12-14(2)18-10-17(22)21-7-3-5-15(21)16-6-4-8-23-16/h4,6,8-9,11,14-15,18H,3,5,7,10,12H2,1-2H3/t14-,15-/m1/s1. The molecule has 3 heterocycles. The second kappa shape index (κ2) is 7.27. The summed E-state index contributed by atoms with van der Waals surface area (Å²) < 4.78 is 1.92. The van der Waals surface area contributed by atoms with Crippen molar-refractivity contribution in [1.82, 2.24) is 20.0 Å². The molecule has 1 fully saturated rings. The number of amides is 1. The van der Waals surface area contributed by atoms with Gasteiger partial charge < -0.3 is 10.2 Å². The average Bonchev–Trinajstić information content (AvgIpc) is 3.25. The molecule has 0 radical (unpaired) electrons. The molecule has 1 aliphatic heterocycles. The van der Waals surface area contributed by atoms with Gasteiger partial charge in [-0.3, -0.25) is 9.48 Å². The largest absolute Gasteiger partial charge is 0.334 e. The lowest BCUT2D eigenvalue weighted by atomic mass is 10.2. The molecule has 2 atom stereocenters. The fourth-order valence-electron chi connectivity index (χ4n) is 3.12. The van der Waals surface area contributed by atoms with Crippen LogP contribution in [-0.2, 0) is 11.3 Å². The van der Waals surface area contributed by atoms with E-state index in [-0.39, 0.29) is 18.0 Å². The first-order valence-electron chi connectivity index (χ1n) is 8.19. The second-order valence-electron chi connectivity index (χ2n) is 6.28. The Morgan fingerprint density at radius 1 is 1.57 bits per heavy atom. The highest BCUT2D eigenvalue weighted by Gasteiger charge is 2.30. The first-order chi connectivity index (χ1) is 11.1. The topological polar surface area (TPSA) is 50.2 Å². The fraction of sp³-hybridized carbons (Fsp3) is 0.529. The Morgan fingerprint density at radius 2 is 2.43 bits per heavy atom. The van der Waals surface area contributed by atoms with Gasteiger partial charge in [0.15, 0.2) is 0 Å². The molecular weight excluding hydrogens is 308 g/mol. The highest BCUT2D eigenvalue weighted by molar-refractivity contribution is 7.10. The minimum absolute atomic E-state index is 0.199. The van der Waals surface area contributed by atoms with Crippen molar-refractivity contribution in [2.45, 2.75) is 45.3 Å². The lowest BCUT2D eigenvalue weighted by molar-refractivity contribution is -0.131. The predicted molar refractivity (Wildman–Crippen MR) is 92.4 cm³/mol. The van der Waals surface area contributed by atoms with Crippen molar-refractivity contribution in [2.24, 2.45) is 0 Å². The number of hydrogen-bond acceptors (Lipinski definition) is 4. The van der Waals surface area contributed by atoms with Crippen LogP contribution in [0.15, 0.2) is 29.9 Å². The molecule has 0 spiro atoms. The minimum Gasteiger partial charge on any atom is -0.334 e. The van der Waals surface area contributed by atoms with Gasteiger partial charge in [-0.05, 0) is 43.7 Å². The van der Waals surface area contributed by atoms with Crippen LogP contribution < -0.4 is 5.32 Å². The molecule has 1 saturated heterocycles. The molecule has 0 bridgehead atoms. The van der Waals surface area contributed by atoms with Crippen LogP contribution in [-0.4, -0.2) is 39.7 Å². The number of nitrogens with one attached hydrogen (secondary N) is 1. The summed E-state index contributed by atoms with van der Waals surface area (Å²) in [5, 5.41) is 9.71. The lowest BCUT2D eigenvalue weighted by Crippen LogP contribution is -2.41. The SMILES string of the molecule is Cc1cnn(C[C@@H](C)NCC(=O)N2CCC[C@@H]2c2cccs2)c1. The maximum atomic E-state index is 12.6. The number of thiophene rings is 1. The zero-order valence-electron chi connectivity index (χ0n) is 13.7. The summed E-state index contributed by atoms with van der Waals surface area (Å²) >= 11 is 1.74. The summed E-state index contributed by atoms with van der Waals surface area (Å²) in [6, 6.07) is 4.68. The molecule has 3 rings (SSSR count). The van der Waals surface area contributed by atoms with Gasteiger partial charge in [-0.2, -0.15) is 5.10 Å². The monoisotopic (exact) mass is 332 g/mol. The van der Waals surface area contributed by atoms with Crippen molar-refractivity contribution in [3.63, 3.8) is 0 Å². The highest BCUT2D eigenvalue weighted by atomic mass is 32.1. The highest BCUT2D eigenvalue weighted by Crippen LogP contribution is 2.34. The van der Waals surface area contributed by atoms with Crippen molar-refractivity contribution in [3.8, 4) is 0 Å². The van der Waals surface area contributed by atoms with Gasteiger partial charge in [-0.1, -0.05) is 6.07 Å². The van der Waals surface area contributed by atoms with Crippen LogP contribution in [0.2, 0.25) is 0 Å². The number of nitrogens with zero attached hydrogens (tertiary/aromatic N) is 3. The number of carbonyl (C=O) groups excluding carboxylic acids is 1. The van der Waals surface area contributed by atoms with Gasteiger partial charge in [0.25, 0.3) is 0 Å². The van der Waals surface area contributed by atoms with Gasteiger partial charge in [-0.15, -0.1) is 11.3 Å². The number of rotatable bonds is 6. The summed E-state index contributed by atoms with van der Waals surface area (Å²) in [4.78, 5) is 15.9. The van der Waals surface area contributed by atoms with Crippen LogP contribution in [0.3, 0.4) is 0 Å². The zero-order chi connectivity index (χ0) is 16.2. The van der Waals surface area contributed by atoms with Gasteiger partial charge in [0, 0.05) is 23.7 Å². The first-order valence-corrected chi connectivity index (χ1v) is 9.07. The predicted octanol–water partition coefficient (Wildman–Crippen LogP) is 2.59. The summed E-state index contributed by atoms with van der Waals surface area (Å²) in [5.74, 6) is 0.199. The number of likely N-dealkylation sites (tertiary alicyclic amines) is 1. The Kier molecular flexibility index (Phi) is 5.13. The summed E-state index contributed by atoms with van der Waals surface area (Å²) in [6.45, 7) is 6.16. The summed E-state index contributed by atoms with van der Waals surface area (Å²) in [5.41, 5.74) is 1.16. The molecule has 2 aromatic rings. The van der Waals surface area contributed by atoms with Crippen molar-refractivity contribution in [3.05, 3.63) is 40.3 Å². The molecule has 23 heavy (non-hydrogen) atoms.